The summed E-state index contributed by atoms with van der Waals surface area (Å²) in [5, 5.41) is 5.35. The zero-order valence-corrected chi connectivity index (χ0v) is 13.0. The second kappa shape index (κ2) is 6.05. The first-order valence-electron chi connectivity index (χ1n) is 5.39. The van der Waals surface area contributed by atoms with Gasteiger partial charge in [0, 0.05) is 15.4 Å². The van der Waals surface area contributed by atoms with E-state index in [1.165, 1.54) is 14.7 Å². The van der Waals surface area contributed by atoms with Gasteiger partial charge in [-0.15, -0.1) is 11.3 Å². The largest absolute Gasteiger partial charge is 0.313 e. The normalized spacial score (nSPS) is 12.6. The van der Waals surface area contributed by atoms with Gasteiger partial charge in [-0.25, -0.2) is 0 Å². The summed E-state index contributed by atoms with van der Waals surface area (Å²) in [6, 6.07) is 11.2. The fourth-order valence-electron chi connectivity index (χ4n) is 1.47. The molecule has 0 amide bonds. The van der Waals surface area contributed by atoms with Gasteiger partial charge in [0.15, 0.2) is 0 Å². The minimum Gasteiger partial charge on any atom is -0.313 e. The van der Waals surface area contributed by atoms with Crippen LogP contribution in [0.5, 0.6) is 0 Å². The Balaban J connectivity index is 2.20. The van der Waals surface area contributed by atoms with Crippen LogP contribution in [0.1, 0.15) is 18.5 Å². The maximum atomic E-state index is 3.65. The Morgan fingerprint density at radius 3 is 2.76 bits per heavy atom. The van der Waals surface area contributed by atoms with Gasteiger partial charge < -0.3 is 5.32 Å². The summed E-state index contributed by atoms with van der Waals surface area (Å²) >= 11 is 7.22. The minimum absolute atomic E-state index is 0.382. The van der Waals surface area contributed by atoms with Gasteiger partial charge >= 0.3 is 0 Å². The van der Waals surface area contributed by atoms with Crippen molar-refractivity contribution in [3.05, 3.63) is 45.7 Å². The zero-order chi connectivity index (χ0) is 12.3. The molecule has 0 aliphatic rings. The molecule has 1 nitrogen and oxygen atoms in total. The third-order valence-electron chi connectivity index (χ3n) is 2.59. The fraction of sp³-hybridized carbons (Fsp3) is 0.231. The highest BCUT2D eigenvalue weighted by molar-refractivity contribution is 9.10. The monoisotopic (exact) mass is 327 g/mol. The van der Waals surface area contributed by atoms with E-state index in [-0.39, 0.29) is 0 Å². The molecule has 4 heteroatoms. The van der Waals surface area contributed by atoms with E-state index in [1.54, 1.807) is 23.1 Å². The molecule has 0 saturated carbocycles. The maximum Gasteiger partial charge on any atom is 0.0646 e. The molecule has 1 aromatic heterocycles. The Kier molecular flexibility index (Phi) is 4.68. The molecule has 17 heavy (non-hydrogen) atoms. The third kappa shape index (κ3) is 3.35. The molecule has 1 atom stereocenters. The summed E-state index contributed by atoms with van der Waals surface area (Å²) in [6.07, 6.45) is 0. The molecule has 0 saturated heterocycles. The van der Waals surface area contributed by atoms with Crippen LogP contribution in [-0.4, -0.2) is 7.05 Å². The number of nitrogens with one attached hydrogen (secondary N) is 1. The molecule has 0 aliphatic heterocycles. The van der Waals surface area contributed by atoms with Gasteiger partial charge in [0.2, 0.25) is 0 Å². The standard InChI is InChI=1S/C13H14BrNS2/c1-9(15-2)10-5-6-12(11(14)8-10)17-13-4-3-7-16-13/h3-9,15H,1-2H3. The second-order valence-corrected chi connectivity index (χ2v) is 6.88. The van der Waals surface area contributed by atoms with E-state index in [0.29, 0.717) is 6.04 Å². The zero-order valence-electron chi connectivity index (χ0n) is 9.74. The molecule has 0 aliphatic carbocycles. The maximum absolute atomic E-state index is 3.65. The highest BCUT2D eigenvalue weighted by atomic mass is 79.9. The lowest BCUT2D eigenvalue weighted by atomic mass is 10.1. The van der Waals surface area contributed by atoms with Crippen LogP contribution in [0.3, 0.4) is 0 Å². The van der Waals surface area contributed by atoms with E-state index in [1.807, 2.05) is 7.05 Å². The number of hydrogen-bond acceptors (Lipinski definition) is 3. The van der Waals surface area contributed by atoms with E-state index in [9.17, 15) is 0 Å². The molecule has 1 heterocycles. The number of benzene rings is 1. The van der Waals surface area contributed by atoms with E-state index < -0.39 is 0 Å². The molecule has 0 bridgehead atoms. The van der Waals surface area contributed by atoms with Crippen LogP contribution in [-0.2, 0) is 0 Å². The molecule has 1 aromatic carbocycles. The van der Waals surface area contributed by atoms with Crippen LogP contribution in [0.15, 0.2) is 49.3 Å². The topological polar surface area (TPSA) is 12.0 Å². The number of thiophene rings is 1. The SMILES string of the molecule is CNC(C)c1ccc(Sc2cccs2)c(Br)c1. The molecular weight excluding hydrogens is 314 g/mol. The molecule has 1 N–H and O–H groups in total. The molecule has 0 fully saturated rings. The summed E-state index contributed by atoms with van der Waals surface area (Å²) < 4.78 is 2.48. The van der Waals surface area contributed by atoms with Crippen molar-refractivity contribution in [1.29, 1.82) is 0 Å². The minimum atomic E-state index is 0.382. The third-order valence-corrected chi connectivity index (χ3v) is 5.63. The van der Waals surface area contributed by atoms with E-state index in [4.69, 9.17) is 0 Å². The Morgan fingerprint density at radius 2 is 2.18 bits per heavy atom. The molecule has 0 radical (unpaired) electrons. The van der Waals surface area contributed by atoms with Crippen LogP contribution in [0, 0.1) is 0 Å². The lowest BCUT2D eigenvalue weighted by Gasteiger charge is -2.12. The van der Waals surface area contributed by atoms with Crippen LogP contribution in [0.25, 0.3) is 0 Å². The van der Waals surface area contributed by atoms with Gasteiger partial charge in [-0.1, -0.05) is 23.9 Å². The van der Waals surface area contributed by atoms with Crippen molar-refractivity contribution in [2.24, 2.45) is 0 Å². The van der Waals surface area contributed by atoms with Gasteiger partial charge in [-0.2, -0.15) is 0 Å². The molecule has 2 aromatic rings. The number of rotatable bonds is 4. The quantitative estimate of drug-likeness (QED) is 0.853. The second-order valence-electron chi connectivity index (χ2n) is 3.73. The van der Waals surface area contributed by atoms with Gasteiger partial charge in [0.25, 0.3) is 0 Å². The number of hydrogen-bond donors (Lipinski definition) is 1. The Hall–Kier alpha value is -0.290. The first-order valence-corrected chi connectivity index (χ1v) is 7.87. The first-order chi connectivity index (χ1) is 8.20. The highest BCUT2D eigenvalue weighted by Gasteiger charge is 2.07. The predicted molar refractivity (Wildman–Crippen MR) is 80.1 cm³/mol. The summed E-state index contributed by atoms with van der Waals surface area (Å²) in [7, 11) is 1.98. The summed E-state index contributed by atoms with van der Waals surface area (Å²) in [6.45, 7) is 2.16. The van der Waals surface area contributed by atoms with Crippen molar-refractivity contribution in [3.8, 4) is 0 Å². The molecule has 0 spiro atoms. The molecule has 2 rings (SSSR count). The number of halogens is 1. The van der Waals surface area contributed by atoms with Crippen LogP contribution in [0.2, 0.25) is 0 Å². The smallest absolute Gasteiger partial charge is 0.0646 e. The lowest BCUT2D eigenvalue weighted by molar-refractivity contribution is 0.651. The van der Waals surface area contributed by atoms with Crippen molar-refractivity contribution in [1.82, 2.24) is 5.32 Å². The Bertz CT molecular complexity index is 482. The summed E-state index contributed by atoms with van der Waals surface area (Å²) in [4.78, 5) is 1.26. The lowest BCUT2D eigenvalue weighted by Crippen LogP contribution is -2.12. The molecule has 90 valence electrons. The van der Waals surface area contributed by atoms with Crippen molar-refractivity contribution >= 4 is 39.0 Å². The van der Waals surface area contributed by atoms with E-state index in [0.717, 1.165) is 4.47 Å². The van der Waals surface area contributed by atoms with Crippen molar-refractivity contribution in [2.45, 2.75) is 22.1 Å². The highest BCUT2D eigenvalue weighted by Crippen LogP contribution is 2.36. The van der Waals surface area contributed by atoms with E-state index >= 15 is 0 Å². The van der Waals surface area contributed by atoms with Crippen LogP contribution >= 0.6 is 39.0 Å². The first kappa shape index (κ1) is 13.1. The van der Waals surface area contributed by atoms with E-state index in [2.05, 4.69) is 63.9 Å². The average Bonchev–Trinajstić information content (AvgIpc) is 2.83. The Labute approximate surface area is 119 Å². The predicted octanol–water partition coefficient (Wildman–Crippen LogP) is 4.94. The van der Waals surface area contributed by atoms with Crippen LogP contribution < -0.4 is 5.32 Å². The van der Waals surface area contributed by atoms with Crippen molar-refractivity contribution < 1.29 is 0 Å². The fourth-order valence-corrected chi connectivity index (χ4v) is 3.84. The van der Waals surface area contributed by atoms with Gasteiger partial charge in [-0.3, -0.25) is 0 Å². The van der Waals surface area contributed by atoms with Crippen molar-refractivity contribution in [3.63, 3.8) is 0 Å². The summed E-state index contributed by atoms with van der Waals surface area (Å²) in [5.41, 5.74) is 1.30. The van der Waals surface area contributed by atoms with Gasteiger partial charge in [-0.05, 0) is 59.0 Å². The Morgan fingerprint density at radius 1 is 1.35 bits per heavy atom. The van der Waals surface area contributed by atoms with Gasteiger partial charge in [0.1, 0.15) is 0 Å². The van der Waals surface area contributed by atoms with Crippen molar-refractivity contribution in [2.75, 3.05) is 7.05 Å². The van der Waals surface area contributed by atoms with Crippen LogP contribution in [0.4, 0.5) is 0 Å². The molecule has 1 unspecified atom stereocenters. The van der Waals surface area contributed by atoms with Gasteiger partial charge in [0.05, 0.1) is 4.21 Å². The summed E-state index contributed by atoms with van der Waals surface area (Å²) in [5.74, 6) is 0. The average molecular weight is 328 g/mol. The molecular formula is C13H14BrNS2.